The Hall–Kier alpha value is -1.01. The minimum atomic E-state index is 0.175. The van der Waals surface area contributed by atoms with Gasteiger partial charge in [-0.3, -0.25) is 9.69 Å². The van der Waals surface area contributed by atoms with E-state index in [1.165, 1.54) is 25.8 Å². The van der Waals surface area contributed by atoms with Crippen molar-refractivity contribution < 1.29 is 9.53 Å². The van der Waals surface area contributed by atoms with E-state index in [1.807, 2.05) is 12.1 Å². The largest absolute Gasteiger partial charge is 0.385 e. The number of ether oxygens (including phenoxy) is 1. The van der Waals surface area contributed by atoms with Crippen molar-refractivity contribution in [2.45, 2.75) is 51.0 Å². The third-order valence-electron chi connectivity index (χ3n) is 6.40. The second kappa shape index (κ2) is 12.1. The van der Waals surface area contributed by atoms with E-state index < -0.39 is 0 Å². The van der Waals surface area contributed by atoms with E-state index in [0.717, 1.165) is 57.0 Å². The molecule has 0 unspecified atom stereocenters. The highest BCUT2D eigenvalue weighted by atomic mass is 35.5. The van der Waals surface area contributed by atoms with E-state index in [9.17, 15) is 4.79 Å². The van der Waals surface area contributed by atoms with Gasteiger partial charge < -0.3 is 15.0 Å². The highest BCUT2D eigenvalue weighted by molar-refractivity contribution is 6.35. The number of rotatable bonds is 9. The van der Waals surface area contributed by atoms with Gasteiger partial charge in [0.1, 0.15) is 0 Å². The van der Waals surface area contributed by atoms with Crippen molar-refractivity contribution in [3.63, 3.8) is 0 Å². The standard InChI is InChI=1S/C23H35Cl2N3O2/c1-30-14-2-3-23(29)26-21-6-4-18(5-7-21)8-9-27-10-12-28(13-11-27)22-16-19(24)15-20(25)17-22/h15-18,21H,2-14H2,1H3,(H,26,29)/t18-,21-. The Morgan fingerprint density at radius 2 is 1.73 bits per heavy atom. The van der Waals surface area contributed by atoms with Crippen molar-refractivity contribution >= 4 is 34.8 Å². The molecule has 168 valence electrons. The third-order valence-corrected chi connectivity index (χ3v) is 6.84. The number of methoxy groups -OCH3 is 1. The number of anilines is 1. The second-order valence-electron chi connectivity index (χ2n) is 8.63. The minimum absolute atomic E-state index is 0.175. The van der Waals surface area contributed by atoms with Gasteiger partial charge in [0, 0.05) is 68.1 Å². The lowest BCUT2D eigenvalue weighted by Crippen LogP contribution is -2.47. The lowest BCUT2D eigenvalue weighted by Gasteiger charge is -2.37. The minimum Gasteiger partial charge on any atom is -0.385 e. The summed E-state index contributed by atoms with van der Waals surface area (Å²) in [5, 5.41) is 4.59. The molecule has 1 aromatic carbocycles. The van der Waals surface area contributed by atoms with Gasteiger partial charge in [-0.25, -0.2) is 0 Å². The van der Waals surface area contributed by atoms with Crippen LogP contribution in [0.15, 0.2) is 18.2 Å². The SMILES string of the molecule is COCCCC(=O)N[C@H]1CC[C@H](CCN2CCN(c3cc(Cl)cc(Cl)c3)CC2)CC1. The van der Waals surface area contributed by atoms with Gasteiger partial charge in [-0.15, -0.1) is 0 Å². The number of carbonyl (C=O) groups excluding carboxylic acids is 1. The summed E-state index contributed by atoms with van der Waals surface area (Å²) >= 11 is 12.3. The summed E-state index contributed by atoms with van der Waals surface area (Å²) in [6, 6.07) is 6.14. The number of amides is 1. The molecule has 0 spiro atoms. The molecule has 3 rings (SSSR count). The Morgan fingerprint density at radius 1 is 1.07 bits per heavy atom. The van der Waals surface area contributed by atoms with Crippen molar-refractivity contribution in [2.75, 3.05) is 51.3 Å². The highest BCUT2D eigenvalue weighted by Gasteiger charge is 2.24. The molecule has 1 saturated carbocycles. The molecular weight excluding hydrogens is 421 g/mol. The van der Waals surface area contributed by atoms with Crippen LogP contribution in [-0.2, 0) is 9.53 Å². The summed E-state index contributed by atoms with van der Waals surface area (Å²) in [5.74, 6) is 0.964. The van der Waals surface area contributed by atoms with Gasteiger partial charge in [0.05, 0.1) is 0 Å². The predicted molar refractivity (Wildman–Crippen MR) is 125 cm³/mol. The molecule has 1 heterocycles. The molecule has 5 nitrogen and oxygen atoms in total. The monoisotopic (exact) mass is 455 g/mol. The van der Waals surface area contributed by atoms with Crippen molar-refractivity contribution in [1.29, 1.82) is 0 Å². The first-order valence-corrected chi connectivity index (χ1v) is 12.0. The van der Waals surface area contributed by atoms with Crippen LogP contribution in [-0.4, -0.2) is 63.3 Å². The van der Waals surface area contributed by atoms with Crippen LogP contribution in [0.4, 0.5) is 5.69 Å². The number of piperazine rings is 1. The van der Waals surface area contributed by atoms with Gasteiger partial charge in [-0.1, -0.05) is 23.2 Å². The molecule has 0 radical (unpaired) electrons. The van der Waals surface area contributed by atoms with Crippen LogP contribution in [0.1, 0.15) is 44.9 Å². The quantitative estimate of drug-likeness (QED) is 0.552. The molecule has 2 fully saturated rings. The van der Waals surface area contributed by atoms with E-state index in [2.05, 4.69) is 15.1 Å². The predicted octanol–water partition coefficient (Wildman–Crippen LogP) is 4.61. The van der Waals surface area contributed by atoms with Gasteiger partial charge in [0.2, 0.25) is 5.91 Å². The first-order chi connectivity index (χ1) is 14.5. The topological polar surface area (TPSA) is 44.8 Å². The molecular formula is C23H35Cl2N3O2. The molecule has 30 heavy (non-hydrogen) atoms. The second-order valence-corrected chi connectivity index (χ2v) is 9.50. The first-order valence-electron chi connectivity index (χ1n) is 11.2. The number of halogens is 2. The van der Waals surface area contributed by atoms with Gasteiger partial charge in [0.25, 0.3) is 0 Å². The van der Waals surface area contributed by atoms with Crippen LogP contribution >= 0.6 is 23.2 Å². The average molecular weight is 456 g/mol. The summed E-state index contributed by atoms with van der Waals surface area (Å²) in [4.78, 5) is 16.9. The molecule has 1 amide bonds. The molecule has 1 aromatic rings. The average Bonchev–Trinajstić information content (AvgIpc) is 2.73. The van der Waals surface area contributed by atoms with Crippen molar-refractivity contribution in [3.05, 3.63) is 28.2 Å². The van der Waals surface area contributed by atoms with Gasteiger partial charge in [0.15, 0.2) is 0 Å². The molecule has 0 bridgehead atoms. The Bertz CT molecular complexity index is 652. The zero-order chi connectivity index (χ0) is 21.3. The highest BCUT2D eigenvalue weighted by Crippen LogP contribution is 2.28. The fourth-order valence-electron chi connectivity index (χ4n) is 4.59. The number of hydrogen-bond donors (Lipinski definition) is 1. The van der Waals surface area contributed by atoms with Gasteiger partial charge in [-0.2, -0.15) is 0 Å². The molecule has 1 saturated heterocycles. The first kappa shape index (κ1) is 23.6. The number of nitrogens with one attached hydrogen (secondary N) is 1. The lowest BCUT2D eigenvalue weighted by molar-refractivity contribution is -0.122. The summed E-state index contributed by atoms with van der Waals surface area (Å²) in [7, 11) is 1.67. The number of nitrogens with zero attached hydrogens (tertiary/aromatic N) is 2. The Kier molecular flexibility index (Phi) is 9.57. The number of carbonyl (C=O) groups is 1. The van der Waals surface area contributed by atoms with Crippen LogP contribution in [0.3, 0.4) is 0 Å². The lowest BCUT2D eigenvalue weighted by atomic mass is 9.84. The zero-order valence-corrected chi connectivity index (χ0v) is 19.6. The third kappa shape index (κ3) is 7.60. The molecule has 1 aliphatic heterocycles. The Balaban J connectivity index is 1.31. The summed E-state index contributed by atoms with van der Waals surface area (Å²) in [5.41, 5.74) is 1.12. The van der Waals surface area contributed by atoms with Crippen molar-refractivity contribution in [3.8, 4) is 0 Å². The Labute approximate surface area is 191 Å². The normalized spacial score (nSPS) is 22.8. The summed E-state index contributed by atoms with van der Waals surface area (Å²) in [6.07, 6.45) is 7.32. The van der Waals surface area contributed by atoms with Crippen LogP contribution in [0.5, 0.6) is 0 Å². The molecule has 0 aromatic heterocycles. The van der Waals surface area contributed by atoms with Crippen LogP contribution < -0.4 is 10.2 Å². The zero-order valence-electron chi connectivity index (χ0n) is 18.0. The summed E-state index contributed by atoms with van der Waals surface area (Å²) in [6.45, 7) is 6.01. The Morgan fingerprint density at radius 3 is 2.37 bits per heavy atom. The fourth-order valence-corrected chi connectivity index (χ4v) is 5.10. The smallest absolute Gasteiger partial charge is 0.220 e. The fraction of sp³-hybridized carbons (Fsp3) is 0.696. The van der Waals surface area contributed by atoms with E-state index >= 15 is 0 Å². The molecule has 0 atom stereocenters. The van der Waals surface area contributed by atoms with Crippen LogP contribution in [0.2, 0.25) is 10.0 Å². The molecule has 2 aliphatic rings. The van der Waals surface area contributed by atoms with Crippen LogP contribution in [0.25, 0.3) is 0 Å². The maximum Gasteiger partial charge on any atom is 0.220 e. The summed E-state index contributed by atoms with van der Waals surface area (Å²) < 4.78 is 5.01. The maximum atomic E-state index is 12.0. The molecule has 1 aliphatic carbocycles. The maximum absolute atomic E-state index is 12.0. The van der Waals surface area contributed by atoms with E-state index in [-0.39, 0.29) is 5.91 Å². The van der Waals surface area contributed by atoms with E-state index in [0.29, 0.717) is 29.1 Å². The number of benzene rings is 1. The van der Waals surface area contributed by atoms with Gasteiger partial charge >= 0.3 is 0 Å². The number of hydrogen-bond acceptors (Lipinski definition) is 4. The van der Waals surface area contributed by atoms with Crippen molar-refractivity contribution in [2.24, 2.45) is 5.92 Å². The van der Waals surface area contributed by atoms with E-state index in [1.54, 1.807) is 13.2 Å². The molecule has 1 N–H and O–H groups in total. The molecule has 7 heteroatoms. The van der Waals surface area contributed by atoms with Crippen LogP contribution in [0, 0.1) is 5.92 Å². The van der Waals surface area contributed by atoms with Gasteiger partial charge in [-0.05, 0) is 69.2 Å². The van der Waals surface area contributed by atoms with E-state index in [4.69, 9.17) is 27.9 Å². The van der Waals surface area contributed by atoms with Crippen molar-refractivity contribution in [1.82, 2.24) is 10.2 Å².